The Morgan fingerprint density at radius 3 is 1.27 bits per heavy atom. The summed E-state index contributed by atoms with van der Waals surface area (Å²) in [5.41, 5.74) is 0. The lowest BCUT2D eigenvalue weighted by Gasteiger charge is -2.26. The summed E-state index contributed by atoms with van der Waals surface area (Å²) in [6.07, 6.45) is 2.27. The van der Waals surface area contributed by atoms with Crippen LogP contribution in [0.15, 0.2) is 12.2 Å². The van der Waals surface area contributed by atoms with Crippen LogP contribution in [0.25, 0.3) is 0 Å². The van der Waals surface area contributed by atoms with Gasteiger partial charge in [0.15, 0.2) is 0 Å². The first-order valence-corrected chi connectivity index (χ1v) is 9.34. The molecule has 22 heavy (non-hydrogen) atoms. The van der Waals surface area contributed by atoms with Crippen LogP contribution in [-0.2, 0) is 18.4 Å². The minimum Gasteiger partial charge on any atom is -0.513 e. The molecule has 0 rings (SSSR count). The Morgan fingerprint density at radius 1 is 0.773 bits per heavy atom. The van der Waals surface area contributed by atoms with Crippen LogP contribution >= 0.6 is 0 Å². The highest BCUT2D eigenvalue weighted by Gasteiger charge is 2.28. The predicted molar refractivity (Wildman–Crippen MR) is 90.6 cm³/mol. The third-order valence-electron chi connectivity index (χ3n) is 4.07. The Kier molecular flexibility index (Phi) is 8.32. The molecular weight excluding hydrogens is 312 g/mol. The second kappa shape index (κ2) is 8.67. The van der Waals surface area contributed by atoms with Crippen LogP contribution in [0.5, 0.6) is 0 Å². The zero-order chi connectivity index (χ0) is 17.6. The van der Waals surface area contributed by atoms with Crippen molar-refractivity contribution < 1.29 is 18.4 Å². The molecular formula is C16H28O4Si2. The zero-order valence-corrected chi connectivity index (χ0v) is 16.9. The highest BCUT2D eigenvalue weighted by molar-refractivity contribution is 6.36. The van der Waals surface area contributed by atoms with Gasteiger partial charge in [0.05, 0.1) is 0 Å². The molecule has 0 heterocycles. The van der Waals surface area contributed by atoms with Crippen molar-refractivity contribution in [2.75, 3.05) is 0 Å². The van der Waals surface area contributed by atoms with Crippen LogP contribution in [0.4, 0.5) is 0 Å². The fourth-order valence-electron chi connectivity index (χ4n) is 0.803. The summed E-state index contributed by atoms with van der Waals surface area (Å²) in [5.74, 6) is -0.190. The summed E-state index contributed by atoms with van der Waals surface area (Å²) in [7, 11) is 0.121. The smallest absolute Gasteiger partial charge is 0.321 e. The first-order chi connectivity index (χ1) is 9.88. The lowest BCUT2D eigenvalue weighted by Crippen LogP contribution is -2.24. The maximum absolute atomic E-state index is 11.6. The second-order valence-electron chi connectivity index (χ2n) is 7.13. The minimum atomic E-state index is -0.504. The highest BCUT2D eigenvalue weighted by atomic mass is 28.2. The predicted octanol–water partition coefficient (Wildman–Crippen LogP) is 3.58. The molecule has 4 radical (unpaired) electrons. The molecule has 0 bridgehead atoms. The summed E-state index contributed by atoms with van der Waals surface area (Å²) < 4.78 is 10.4. The van der Waals surface area contributed by atoms with Crippen LogP contribution in [0, 0.1) is 11.8 Å². The first kappa shape index (κ1) is 21.1. The molecule has 0 aromatic heterocycles. The number of hydrogen-bond acceptors (Lipinski definition) is 4. The summed E-state index contributed by atoms with van der Waals surface area (Å²) >= 11 is 0. The molecule has 0 aliphatic heterocycles. The quantitative estimate of drug-likeness (QED) is 0.500. The lowest BCUT2D eigenvalue weighted by molar-refractivity contribution is -0.131. The number of carbonyl (C=O) groups is 2. The molecule has 0 saturated carbocycles. The van der Waals surface area contributed by atoms with Gasteiger partial charge in [-0.25, -0.2) is 9.59 Å². The Bertz CT molecular complexity index is 374. The van der Waals surface area contributed by atoms with Gasteiger partial charge in [-0.05, 0) is 21.9 Å². The van der Waals surface area contributed by atoms with E-state index in [0.717, 1.165) is 12.2 Å². The first-order valence-electron chi connectivity index (χ1n) is 7.52. The maximum atomic E-state index is 11.6. The summed E-state index contributed by atoms with van der Waals surface area (Å²) in [4.78, 5) is 23.2. The third-order valence-corrected chi connectivity index (χ3v) is 6.88. The van der Waals surface area contributed by atoms with E-state index >= 15 is 0 Å². The van der Waals surface area contributed by atoms with Gasteiger partial charge >= 0.3 is 31.5 Å². The molecule has 0 aliphatic carbocycles. The van der Waals surface area contributed by atoms with Crippen LogP contribution in [0.3, 0.4) is 0 Å². The molecule has 0 aliphatic rings. The standard InChI is InChI=1S/C16H28O4Si2/c1-11(2)15(5,6)21-19-13(17)9-10-14(18)20-22-16(7,8)12(3)4/h9-12H,1-8H3/b10-9+. The van der Waals surface area contributed by atoms with Gasteiger partial charge in [0.25, 0.3) is 0 Å². The molecule has 0 atom stereocenters. The van der Waals surface area contributed by atoms with Crippen molar-refractivity contribution >= 4 is 31.5 Å². The summed E-state index contributed by atoms with van der Waals surface area (Å²) in [6, 6.07) is 0. The number of rotatable bonds is 8. The molecule has 0 unspecified atom stereocenters. The zero-order valence-electron chi connectivity index (χ0n) is 14.9. The number of hydrogen-bond donors (Lipinski definition) is 0. The third kappa shape index (κ3) is 7.93. The molecule has 0 saturated heterocycles. The van der Waals surface area contributed by atoms with Crippen LogP contribution < -0.4 is 0 Å². The fraction of sp³-hybridized carbons (Fsp3) is 0.750. The van der Waals surface area contributed by atoms with Crippen molar-refractivity contribution in [2.24, 2.45) is 11.8 Å². The van der Waals surface area contributed by atoms with Crippen LogP contribution in [0.2, 0.25) is 10.1 Å². The van der Waals surface area contributed by atoms with Crippen LogP contribution in [-0.4, -0.2) is 31.5 Å². The Hall–Kier alpha value is -0.886. The van der Waals surface area contributed by atoms with E-state index in [1.165, 1.54) is 0 Å². The van der Waals surface area contributed by atoms with Crippen molar-refractivity contribution in [3.8, 4) is 0 Å². The highest BCUT2D eigenvalue weighted by Crippen LogP contribution is 2.33. The van der Waals surface area contributed by atoms with Crippen molar-refractivity contribution in [3.05, 3.63) is 12.2 Å². The van der Waals surface area contributed by atoms with E-state index < -0.39 is 11.9 Å². The van der Waals surface area contributed by atoms with Gasteiger partial charge in [-0.1, -0.05) is 55.4 Å². The summed E-state index contributed by atoms with van der Waals surface area (Å²) in [6.45, 7) is 16.6. The molecule has 0 fully saturated rings. The largest absolute Gasteiger partial charge is 0.513 e. The van der Waals surface area contributed by atoms with Gasteiger partial charge < -0.3 is 8.85 Å². The van der Waals surface area contributed by atoms with E-state index in [-0.39, 0.29) is 29.6 Å². The normalized spacial score (nSPS) is 13.0. The SMILES string of the molecule is CC(C)C(C)(C)[Si]OC(=O)/C=C/C(=O)O[Si]C(C)(C)C(C)C. The van der Waals surface area contributed by atoms with E-state index in [0.29, 0.717) is 11.8 Å². The van der Waals surface area contributed by atoms with Crippen LogP contribution in [0.1, 0.15) is 55.4 Å². The summed E-state index contributed by atoms with van der Waals surface area (Å²) in [5, 5.41) is -0.126. The molecule has 0 amide bonds. The van der Waals surface area contributed by atoms with E-state index in [2.05, 4.69) is 55.4 Å². The molecule has 0 spiro atoms. The average Bonchev–Trinajstić information content (AvgIpc) is 2.40. The molecule has 6 heteroatoms. The van der Waals surface area contributed by atoms with Crippen molar-refractivity contribution in [2.45, 2.75) is 65.5 Å². The van der Waals surface area contributed by atoms with Crippen molar-refractivity contribution in [1.29, 1.82) is 0 Å². The molecule has 0 aromatic rings. The van der Waals surface area contributed by atoms with Gasteiger partial charge in [0.1, 0.15) is 0 Å². The van der Waals surface area contributed by atoms with E-state index in [1.807, 2.05) is 0 Å². The van der Waals surface area contributed by atoms with Crippen molar-refractivity contribution in [3.63, 3.8) is 0 Å². The van der Waals surface area contributed by atoms with Gasteiger partial charge in [-0.15, -0.1) is 0 Å². The van der Waals surface area contributed by atoms with Crippen molar-refractivity contribution in [1.82, 2.24) is 0 Å². The molecule has 124 valence electrons. The number of carbonyl (C=O) groups excluding carboxylic acids is 2. The maximum Gasteiger partial charge on any atom is 0.321 e. The minimum absolute atomic E-state index is 0.0603. The van der Waals surface area contributed by atoms with Gasteiger partial charge in [-0.2, -0.15) is 0 Å². The monoisotopic (exact) mass is 340 g/mol. The lowest BCUT2D eigenvalue weighted by atomic mass is 9.99. The molecule has 0 aromatic carbocycles. The van der Waals surface area contributed by atoms with E-state index in [1.54, 1.807) is 0 Å². The Balaban J connectivity index is 4.26. The Morgan fingerprint density at radius 2 is 1.05 bits per heavy atom. The topological polar surface area (TPSA) is 52.6 Å². The molecule has 0 N–H and O–H groups in total. The van der Waals surface area contributed by atoms with E-state index in [4.69, 9.17) is 8.85 Å². The molecule has 4 nitrogen and oxygen atoms in total. The second-order valence-corrected chi connectivity index (χ2v) is 10.5. The van der Waals surface area contributed by atoms with Gasteiger partial charge in [0.2, 0.25) is 0 Å². The average molecular weight is 341 g/mol. The van der Waals surface area contributed by atoms with E-state index in [9.17, 15) is 9.59 Å². The van der Waals surface area contributed by atoms with Gasteiger partial charge in [-0.3, -0.25) is 0 Å². The van der Waals surface area contributed by atoms with Gasteiger partial charge in [0, 0.05) is 12.2 Å². The fourth-order valence-corrected chi connectivity index (χ4v) is 2.14. The Labute approximate surface area is 139 Å².